The molecule has 1 aromatic rings. The smallest absolute Gasteiger partial charge is 0.177 e. The minimum absolute atomic E-state index is 0.0146. The average Bonchev–Trinajstić information content (AvgIpc) is 2.58. The molecular weight excluding hydrogens is 224 g/mol. The van der Waals surface area contributed by atoms with Gasteiger partial charge in [0.2, 0.25) is 0 Å². The molecule has 4 nitrogen and oxygen atoms in total. The maximum absolute atomic E-state index is 11.4. The van der Waals surface area contributed by atoms with E-state index in [4.69, 9.17) is 10.5 Å². The highest BCUT2D eigenvalue weighted by molar-refractivity contribution is 7.19. The fraction of sp³-hybridized carbons (Fsp3) is 0.545. The third-order valence-corrected chi connectivity index (χ3v) is 3.81. The summed E-state index contributed by atoms with van der Waals surface area (Å²) in [5, 5.41) is 0.940. The molecule has 0 aliphatic rings. The minimum atomic E-state index is -0.0146. The number of nitrogens with two attached hydrogens (primary N) is 1. The van der Waals surface area contributed by atoms with Crippen LogP contribution >= 0.6 is 11.3 Å². The van der Waals surface area contributed by atoms with Crippen LogP contribution in [-0.2, 0) is 0 Å². The molecule has 0 atom stereocenters. The van der Waals surface area contributed by atoms with Crippen LogP contribution in [0.15, 0.2) is 0 Å². The number of methoxy groups -OCH3 is 1. The number of rotatable bonds is 5. The highest BCUT2D eigenvalue weighted by Gasteiger charge is 2.22. The number of nitrogen functional groups attached to an aromatic ring is 1. The Kier molecular flexibility index (Phi) is 4.18. The van der Waals surface area contributed by atoms with Gasteiger partial charge in [-0.3, -0.25) is 4.79 Å². The van der Waals surface area contributed by atoms with Gasteiger partial charge in [0.1, 0.15) is 5.00 Å². The van der Waals surface area contributed by atoms with Crippen molar-refractivity contribution in [2.24, 2.45) is 0 Å². The number of nitrogens with zero attached hydrogens (tertiary/aromatic N) is 1. The van der Waals surface area contributed by atoms with Crippen molar-refractivity contribution >= 4 is 27.8 Å². The zero-order valence-electron chi connectivity index (χ0n) is 10.2. The molecule has 0 radical (unpaired) electrons. The predicted octanol–water partition coefficient (Wildman–Crippen LogP) is 2.39. The van der Waals surface area contributed by atoms with Crippen LogP contribution in [0.4, 0.5) is 10.7 Å². The SMILES string of the molecule is CCN(CC)c1sc(C(C)=O)c(N)c1OC. The molecule has 2 N–H and O–H groups in total. The fourth-order valence-electron chi connectivity index (χ4n) is 1.59. The zero-order chi connectivity index (χ0) is 12.3. The Labute approximate surface area is 100 Å². The van der Waals surface area contributed by atoms with Gasteiger partial charge in [0.15, 0.2) is 11.5 Å². The van der Waals surface area contributed by atoms with Crippen LogP contribution in [0.5, 0.6) is 5.75 Å². The molecule has 0 aliphatic carbocycles. The van der Waals surface area contributed by atoms with E-state index in [1.807, 2.05) is 0 Å². The molecule has 0 saturated carbocycles. The van der Waals surface area contributed by atoms with E-state index in [0.717, 1.165) is 18.1 Å². The highest BCUT2D eigenvalue weighted by Crippen LogP contribution is 2.44. The summed E-state index contributed by atoms with van der Waals surface area (Å²) >= 11 is 1.40. The molecule has 1 heterocycles. The third kappa shape index (κ3) is 2.14. The second-order valence-electron chi connectivity index (χ2n) is 3.41. The van der Waals surface area contributed by atoms with Gasteiger partial charge in [-0.2, -0.15) is 0 Å². The van der Waals surface area contributed by atoms with E-state index in [2.05, 4.69) is 18.7 Å². The normalized spacial score (nSPS) is 10.2. The Bertz CT molecular complexity index is 384. The third-order valence-electron chi connectivity index (χ3n) is 2.46. The number of hydrogen-bond donors (Lipinski definition) is 1. The van der Waals surface area contributed by atoms with Crippen LogP contribution in [0, 0.1) is 0 Å². The van der Waals surface area contributed by atoms with Gasteiger partial charge >= 0.3 is 0 Å². The van der Waals surface area contributed by atoms with Crippen molar-refractivity contribution in [1.82, 2.24) is 0 Å². The Morgan fingerprint density at radius 3 is 2.38 bits per heavy atom. The highest BCUT2D eigenvalue weighted by atomic mass is 32.1. The minimum Gasteiger partial charge on any atom is -0.492 e. The molecule has 0 unspecified atom stereocenters. The lowest BCUT2D eigenvalue weighted by atomic mass is 10.3. The van der Waals surface area contributed by atoms with E-state index in [1.54, 1.807) is 7.11 Å². The first-order valence-corrected chi connectivity index (χ1v) is 6.10. The Balaban J connectivity index is 3.27. The first kappa shape index (κ1) is 12.8. The van der Waals surface area contributed by atoms with Crippen molar-refractivity contribution in [3.8, 4) is 5.75 Å². The van der Waals surface area contributed by atoms with Crippen LogP contribution in [0.25, 0.3) is 0 Å². The zero-order valence-corrected chi connectivity index (χ0v) is 11.0. The molecule has 0 aromatic carbocycles. The number of carbonyl (C=O) groups is 1. The molecular formula is C11H18N2O2S. The molecule has 0 saturated heterocycles. The summed E-state index contributed by atoms with van der Waals surface area (Å²) in [5.74, 6) is 0.609. The molecule has 16 heavy (non-hydrogen) atoms. The van der Waals surface area contributed by atoms with Gasteiger partial charge in [-0.1, -0.05) is 0 Å². The quantitative estimate of drug-likeness (QED) is 0.805. The van der Waals surface area contributed by atoms with Crippen molar-refractivity contribution < 1.29 is 9.53 Å². The summed E-state index contributed by atoms with van der Waals surface area (Å²) in [6.45, 7) is 7.38. The predicted molar refractivity (Wildman–Crippen MR) is 68.8 cm³/mol. The van der Waals surface area contributed by atoms with Gasteiger partial charge in [-0.25, -0.2) is 0 Å². The largest absolute Gasteiger partial charge is 0.492 e. The lowest BCUT2D eigenvalue weighted by molar-refractivity contribution is 0.102. The maximum Gasteiger partial charge on any atom is 0.177 e. The van der Waals surface area contributed by atoms with Gasteiger partial charge in [-0.05, 0) is 13.8 Å². The van der Waals surface area contributed by atoms with E-state index < -0.39 is 0 Å². The molecule has 0 spiro atoms. The van der Waals surface area contributed by atoms with Gasteiger partial charge in [0.25, 0.3) is 0 Å². The number of ketones is 1. The van der Waals surface area contributed by atoms with E-state index >= 15 is 0 Å². The second kappa shape index (κ2) is 5.21. The van der Waals surface area contributed by atoms with Crippen LogP contribution in [0.2, 0.25) is 0 Å². The van der Waals surface area contributed by atoms with E-state index in [1.165, 1.54) is 18.3 Å². The Morgan fingerprint density at radius 1 is 1.44 bits per heavy atom. The van der Waals surface area contributed by atoms with Crippen LogP contribution < -0.4 is 15.4 Å². The number of Topliss-reactive ketones (excluding diaryl/α,β-unsaturated/α-hetero) is 1. The average molecular weight is 242 g/mol. The van der Waals surface area contributed by atoms with Crippen LogP contribution in [0.3, 0.4) is 0 Å². The van der Waals surface area contributed by atoms with E-state index in [9.17, 15) is 4.79 Å². The molecule has 1 aromatic heterocycles. The van der Waals surface area contributed by atoms with Gasteiger partial charge < -0.3 is 15.4 Å². The summed E-state index contributed by atoms with van der Waals surface area (Å²) < 4.78 is 5.28. The second-order valence-corrected chi connectivity index (χ2v) is 4.41. The summed E-state index contributed by atoms with van der Waals surface area (Å²) in [5.41, 5.74) is 6.36. The molecule has 0 aliphatic heterocycles. The summed E-state index contributed by atoms with van der Waals surface area (Å²) in [6.07, 6.45) is 0. The first-order valence-electron chi connectivity index (χ1n) is 5.28. The van der Waals surface area contributed by atoms with Crippen molar-refractivity contribution in [1.29, 1.82) is 0 Å². The van der Waals surface area contributed by atoms with Crippen molar-refractivity contribution in [2.45, 2.75) is 20.8 Å². The van der Waals surface area contributed by atoms with Gasteiger partial charge in [0, 0.05) is 20.0 Å². The lowest BCUT2D eigenvalue weighted by Gasteiger charge is -2.19. The van der Waals surface area contributed by atoms with Crippen LogP contribution in [-0.4, -0.2) is 26.0 Å². The molecule has 0 amide bonds. The first-order chi connectivity index (χ1) is 7.56. The van der Waals surface area contributed by atoms with Crippen molar-refractivity contribution in [2.75, 3.05) is 30.8 Å². The molecule has 0 bridgehead atoms. The number of ether oxygens (including phenoxy) is 1. The topological polar surface area (TPSA) is 55.6 Å². The van der Waals surface area contributed by atoms with Gasteiger partial charge in [-0.15, -0.1) is 11.3 Å². The van der Waals surface area contributed by atoms with Gasteiger partial charge in [0.05, 0.1) is 17.7 Å². The maximum atomic E-state index is 11.4. The molecule has 5 heteroatoms. The van der Waals surface area contributed by atoms with Crippen molar-refractivity contribution in [3.05, 3.63) is 4.88 Å². The number of carbonyl (C=O) groups excluding carboxylic acids is 1. The lowest BCUT2D eigenvalue weighted by Crippen LogP contribution is -2.21. The fourth-order valence-corrected chi connectivity index (χ4v) is 2.81. The Hall–Kier alpha value is -1.23. The number of thiophene rings is 1. The summed E-state index contributed by atoms with van der Waals surface area (Å²) in [7, 11) is 1.58. The van der Waals surface area contributed by atoms with Crippen molar-refractivity contribution in [3.63, 3.8) is 0 Å². The molecule has 1 rings (SSSR count). The van der Waals surface area contributed by atoms with E-state index in [-0.39, 0.29) is 5.78 Å². The van der Waals surface area contributed by atoms with E-state index in [0.29, 0.717) is 16.3 Å². The molecule has 0 fully saturated rings. The number of anilines is 2. The Morgan fingerprint density at radius 2 is 2.00 bits per heavy atom. The monoisotopic (exact) mass is 242 g/mol. The summed E-state index contributed by atoms with van der Waals surface area (Å²) in [4.78, 5) is 14.1. The number of hydrogen-bond acceptors (Lipinski definition) is 5. The standard InChI is InChI=1S/C11H18N2O2S/c1-5-13(6-2)11-9(15-4)8(12)10(16-11)7(3)14/h5-6,12H2,1-4H3. The summed E-state index contributed by atoms with van der Waals surface area (Å²) in [6, 6.07) is 0. The molecule has 90 valence electrons. The van der Waals surface area contributed by atoms with Crippen LogP contribution in [0.1, 0.15) is 30.4 Å².